The molecular weight excluding hydrogens is 1100 g/mol. The van der Waals surface area contributed by atoms with Crippen molar-refractivity contribution >= 4 is 41.6 Å². The van der Waals surface area contributed by atoms with Crippen molar-refractivity contribution in [2.75, 3.05) is 0 Å². The minimum atomic E-state index is -0.574. The van der Waals surface area contributed by atoms with Crippen LogP contribution in [0.15, 0.2) is 54.6 Å². The lowest BCUT2D eigenvalue weighted by Crippen LogP contribution is -2.60. The second-order valence-corrected chi connectivity index (χ2v) is 31.0. The van der Waals surface area contributed by atoms with Gasteiger partial charge in [0.15, 0.2) is 17.3 Å². The van der Waals surface area contributed by atoms with E-state index in [1.165, 1.54) is 12.8 Å². The fraction of sp³-hybridized carbons (Fsp3) is 0.689. The number of nitrogens with one attached hydrogen (secondary N) is 1. The molecule has 6 fully saturated rings. The highest BCUT2D eigenvalue weighted by molar-refractivity contribution is 6.03. The summed E-state index contributed by atoms with van der Waals surface area (Å²) >= 11 is 0. The van der Waals surface area contributed by atoms with Gasteiger partial charge in [0.1, 0.15) is 28.6 Å². The molecule has 1 amide bonds. The number of amides is 1. The number of carbonyl (C=O) groups is 5. The molecule has 4 unspecified atom stereocenters. The molecule has 6 N–H and O–H groups in total. The van der Waals surface area contributed by atoms with Crippen LogP contribution in [0.3, 0.4) is 0 Å². The van der Waals surface area contributed by atoms with Gasteiger partial charge in [-0.2, -0.15) is 0 Å². The number of carbonyl (C=O) groups excluding carboxylic acids is 5. The molecule has 6 saturated carbocycles. The smallest absolute Gasteiger partial charge is 0.407 e. The van der Waals surface area contributed by atoms with Crippen LogP contribution in [0.25, 0.3) is 0 Å². The third-order valence-electron chi connectivity index (χ3n) is 22.3. The number of rotatable bonds is 7. The van der Waals surface area contributed by atoms with Crippen molar-refractivity contribution in [3.05, 3.63) is 88.0 Å². The monoisotopic (exact) mass is 1210 g/mol. The summed E-state index contributed by atoms with van der Waals surface area (Å²) in [6.45, 7) is 38.0. The van der Waals surface area contributed by atoms with Crippen LogP contribution in [0.2, 0.25) is 0 Å². The first kappa shape index (κ1) is 75.5. The third-order valence-corrected chi connectivity index (χ3v) is 22.3. The molecule has 3 aromatic carbocycles. The molecule has 3 aromatic rings. The number of hydrogen-bond acceptors (Lipinski definition) is 10. The number of aryl methyl sites for hydroxylation is 3. The average Bonchev–Trinajstić information content (AvgIpc) is 0.759. The normalized spacial score (nSPS) is 32.8. The molecule has 9 rings (SSSR count). The Labute approximate surface area is 526 Å². The number of Topliss-reactive ketones (excluding diaryl/α,β-unsaturated/α-hetero) is 4. The Kier molecular flexibility index (Phi) is 24.2. The zero-order valence-electron chi connectivity index (χ0n) is 53.8. The molecule has 0 heterocycles. The van der Waals surface area contributed by atoms with E-state index in [4.69, 9.17) is 10.5 Å². The number of phenols is 3. The Balaban J connectivity index is 0.000000333. The Bertz CT molecular complexity index is 2840. The summed E-state index contributed by atoms with van der Waals surface area (Å²) in [4.78, 5) is 66.4. The van der Waals surface area contributed by atoms with Crippen LogP contribution in [-0.2, 0) is 9.53 Å². The number of halogens is 1. The average molecular weight is 1210 g/mol. The standard InChI is InChI=1S/C27H41NO4.C22H33NO2.C22H30O3.3CH4.ClH/c1-16-12-18(14-19(29)13-16)23(30)22-17(2)20(28-24(31)32-25(3,4)5)15-21-26(6,7)10-9-11-27(21,22)8;1-13-9-15(11-16(24)10-13)20(25)19-14(2)17(23)12-18-21(3,4)7-6-8-22(18,19)5;1-13-9-15(11-16(23)10-13)20(25)19-14(2)17(24)12-18-21(3,4)7-6-8-22(18,19)5;;;;/h12-14,17,20-22,29H,9-11,15H2,1-8H3,(H,28,31);9-11,14,17-19,24H,6-8,12,23H2,1-5H3;9-11,14,18-19,23H,6-8,12H2,1-5H3;3*1H4;1H/t17?,20?,21-,22+,27-;14?,17?,18-,19+,22-;14-,18+,19-,22+;;;;/m001..../s1. The summed E-state index contributed by atoms with van der Waals surface area (Å²) in [6.07, 6.45) is 11.9. The number of ketones is 4. The van der Waals surface area contributed by atoms with E-state index in [9.17, 15) is 39.3 Å². The first-order valence-corrected chi connectivity index (χ1v) is 31.1. The Hall–Kier alpha value is -4.74. The zero-order chi connectivity index (χ0) is 61.2. The van der Waals surface area contributed by atoms with Gasteiger partial charge in [-0.1, -0.05) is 125 Å². The molecule has 11 nitrogen and oxygen atoms in total. The van der Waals surface area contributed by atoms with Gasteiger partial charge in [0.05, 0.1) is 0 Å². The van der Waals surface area contributed by atoms with Crippen LogP contribution in [0.5, 0.6) is 17.2 Å². The van der Waals surface area contributed by atoms with Gasteiger partial charge in [-0.05, 0) is 226 Å². The fourth-order valence-corrected chi connectivity index (χ4v) is 18.6. The lowest BCUT2D eigenvalue weighted by atomic mass is 9.45. The summed E-state index contributed by atoms with van der Waals surface area (Å²) in [5, 5.41) is 33.1. The van der Waals surface area contributed by atoms with Gasteiger partial charge in [0.2, 0.25) is 0 Å². The molecule has 0 spiro atoms. The lowest BCUT2D eigenvalue weighted by Gasteiger charge is -2.60. The number of benzene rings is 3. The van der Waals surface area contributed by atoms with Gasteiger partial charge in [-0.15, -0.1) is 12.4 Å². The topological polar surface area (TPSA) is 193 Å². The van der Waals surface area contributed by atoms with Gasteiger partial charge < -0.3 is 31.1 Å². The van der Waals surface area contributed by atoms with Gasteiger partial charge in [0.25, 0.3) is 0 Å². The van der Waals surface area contributed by atoms with Crippen LogP contribution in [0.1, 0.15) is 251 Å². The minimum absolute atomic E-state index is 0. The predicted octanol–water partition coefficient (Wildman–Crippen LogP) is 18.2. The van der Waals surface area contributed by atoms with E-state index in [-0.39, 0.29) is 161 Å². The van der Waals surface area contributed by atoms with Crippen molar-refractivity contribution in [2.24, 2.45) is 91.5 Å². The molecule has 0 bridgehead atoms. The summed E-state index contributed by atoms with van der Waals surface area (Å²) in [6, 6.07) is 15.3. The molecule has 6 aliphatic rings. The maximum Gasteiger partial charge on any atom is 0.407 e. The van der Waals surface area contributed by atoms with Crippen LogP contribution < -0.4 is 11.1 Å². The number of fused-ring (bicyclic) bond motifs is 3. The van der Waals surface area contributed by atoms with Crippen molar-refractivity contribution in [2.45, 2.75) is 242 Å². The number of alkyl carbamates (subject to hydrolysis) is 1. The first-order valence-electron chi connectivity index (χ1n) is 31.1. The first-order chi connectivity index (χ1) is 37.8. The summed E-state index contributed by atoms with van der Waals surface area (Å²) in [7, 11) is 0. The molecule has 0 aromatic heterocycles. The number of phenolic OH excluding ortho intramolecular Hbond substituents is 3. The van der Waals surface area contributed by atoms with Gasteiger partial charge in [-0.25, -0.2) is 4.79 Å². The van der Waals surface area contributed by atoms with Gasteiger partial charge in [0, 0.05) is 58.9 Å². The molecule has 14 atom stereocenters. The molecule has 0 saturated heterocycles. The van der Waals surface area contributed by atoms with Crippen molar-refractivity contribution in [1.29, 1.82) is 0 Å². The van der Waals surface area contributed by atoms with E-state index < -0.39 is 11.7 Å². The third kappa shape index (κ3) is 15.3. The predicted molar refractivity (Wildman–Crippen MR) is 355 cm³/mol. The molecule has 0 aliphatic heterocycles. The van der Waals surface area contributed by atoms with Crippen molar-refractivity contribution in [1.82, 2.24) is 5.32 Å². The van der Waals surface area contributed by atoms with Crippen molar-refractivity contribution in [3.63, 3.8) is 0 Å². The summed E-state index contributed by atoms with van der Waals surface area (Å²) in [5.41, 5.74) is 10.4. The number of ether oxygens (including phenoxy) is 1. The maximum atomic E-state index is 14.0. The van der Waals surface area contributed by atoms with Crippen LogP contribution >= 0.6 is 12.4 Å². The van der Waals surface area contributed by atoms with Crippen LogP contribution in [0, 0.1) is 107 Å². The second-order valence-electron chi connectivity index (χ2n) is 31.0. The second kappa shape index (κ2) is 27.6. The van der Waals surface area contributed by atoms with Gasteiger partial charge in [-0.3, -0.25) is 19.2 Å². The van der Waals surface area contributed by atoms with E-state index >= 15 is 0 Å². The minimum Gasteiger partial charge on any atom is -0.508 e. The quantitative estimate of drug-likeness (QED) is 0.142. The Morgan fingerprint density at radius 3 is 1.23 bits per heavy atom. The molecule has 0 radical (unpaired) electrons. The summed E-state index contributed by atoms with van der Waals surface area (Å²) in [5.74, 6) is 1.08. The van der Waals surface area contributed by atoms with Crippen LogP contribution in [-0.4, -0.2) is 62.2 Å². The van der Waals surface area contributed by atoms with E-state index in [0.29, 0.717) is 34.9 Å². The highest BCUT2D eigenvalue weighted by atomic mass is 35.5. The van der Waals surface area contributed by atoms with E-state index in [0.717, 1.165) is 74.5 Å². The number of hydrogen-bond donors (Lipinski definition) is 5. The van der Waals surface area contributed by atoms with E-state index in [1.54, 1.807) is 36.4 Å². The molecule has 12 heteroatoms. The molecular formula is C74H117ClN2O9. The van der Waals surface area contributed by atoms with Crippen molar-refractivity contribution in [3.8, 4) is 17.2 Å². The summed E-state index contributed by atoms with van der Waals surface area (Å²) < 4.78 is 5.55. The Morgan fingerprint density at radius 1 is 0.523 bits per heavy atom. The largest absolute Gasteiger partial charge is 0.508 e. The number of aromatic hydroxyl groups is 3. The number of nitrogens with two attached hydrogens (primary N) is 1. The molecule has 6 aliphatic carbocycles. The highest BCUT2D eigenvalue weighted by Gasteiger charge is 2.61. The highest BCUT2D eigenvalue weighted by Crippen LogP contribution is 2.64. The zero-order valence-corrected chi connectivity index (χ0v) is 54.6. The Morgan fingerprint density at radius 2 is 0.860 bits per heavy atom. The van der Waals surface area contributed by atoms with Crippen LogP contribution in [0.4, 0.5) is 4.79 Å². The van der Waals surface area contributed by atoms with Crippen molar-refractivity contribution < 1.29 is 44.0 Å². The fourth-order valence-electron chi connectivity index (χ4n) is 18.6. The SMILES string of the molecule is C.C.C.Cc1cc(O)cc(C(=O)[C@H]2C(C)C(N)C[C@H]3C(C)(C)CCC[C@]23C)c1.Cc1cc(O)cc(C(=O)[C@H]2C(C)C(NC(=O)OC(C)(C)C)C[C@H]3C(C)(C)CCC[C@]23C)c1.Cc1cc(O)cc(C(=O)[C@H]2[C@H](C)C(=O)C[C@H]3C(C)(C)CCC[C@]23C)c1.Cl. The molecule has 86 heavy (non-hydrogen) atoms. The van der Waals surface area contributed by atoms with Gasteiger partial charge >= 0.3 is 6.09 Å². The van der Waals surface area contributed by atoms with E-state index in [1.807, 2.05) is 66.7 Å². The van der Waals surface area contributed by atoms with E-state index in [2.05, 4.69) is 81.5 Å². The maximum absolute atomic E-state index is 14.0. The molecule has 484 valence electrons. The lowest BCUT2D eigenvalue weighted by molar-refractivity contribution is -0.143.